The molecular weight excluding hydrogens is 488 g/mol. The second kappa shape index (κ2) is 9.44. The Morgan fingerprint density at radius 2 is 1.86 bits per heavy atom. The molecule has 2 aliphatic rings. The zero-order chi connectivity index (χ0) is 26.3. The molecule has 0 spiro atoms. The Kier molecular flexibility index (Phi) is 6.53. The molecule has 3 unspecified atom stereocenters. The molecule has 184 valence electrons. The number of para-hydroxylation sites is 1. The first kappa shape index (κ1) is 24.9. The molecule has 2 aromatic rings. The Bertz CT molecular complexity index is 1370. The van der Waals surface area contributed by atoms with Crippen LogP contribution in [0, 0.1) is 23.2 Å². The summed E-state index contributed by atoms with van der Waals surface area (Å²) in [5.41, 5.74) is -1.15. The van der Waals surface area contributed by atoms with Crippen LogP contribution >= 0.6 is 11.8 Å². The van der Waals surface area contributed by atoms with E-state index in [0.717, 1.165) is 11.1 Å². The molecule has 2 aliphatic heterocycles. The highest BCUT2D eigenvalue weighted by molar-refractivity contribution is 8.03. The summed E-state index contributed by atoms with van der Waals surface area (Å²) in [6, 6.07) is 9.50. The fourth-order valence-corrected chi connectivity index (χ4v) is 5.85. The van der Waals surface area contributed by atoms with Crippen LogP contribution in [0.5, 0.6) is 0 Å². The number of carboxylic acids is 2. The lowest BCUT2D eigenvalue weighted by Gasteiger charge is -2.46. The molecule has 0 radical (unpaired) electrons. The van der Waals surface area contributed by atoms with E-state index in [-0.39, 0.29) is 21.1 Å². The molecule has 0 saturated carbocycles. The van der Waals surface area contributed by atoms with E-state index in [0.29, 0.717) is 17.4 Å². The Morgan fingerprint density at radius 1 is 1.19 bits per heavy atom. The number of aliphatic carboxylic acids is 1. The van der Waals surface area contributed by atoms with Crippen molar-refractivity contribution in [2.24, 2.45) is 11.8 Å². The average molecular weight is 509 g/mol. The maximum absolute atomic E-state index is 12.9. The number of thioether (sulfide) groups is 1. The van der Waals surface area contributed by atoms with Gasteiger partial charge in [0.15, 0.2) is 0 Å². The molecule has 4 atom stereocenters. The van der Waals surface area contributed by atoms with Crippen molar-refractivity contribution in [1.29, 1.82) is 5.26 Å². The first-order chi connectivity index (χ1) is 17.1. The Morgan fingerprint density at radius 3 is 2.42 bits per heavy atom. The van der Waals surface area contributed by atoms with Crippen molar-refractivity contribution in [2.75, 3.05) is 5.32 Å². The molecule has 1 saturated heterocycles. The first-order valence-corrected chi connectivity index (χ1v) is 11.6. The number of anilines is 1. The number of carboxylic acid groups (broad SMARTS) is 2. The summed E-state index contributed by atoms with van der Waals surface area (Å²) < 4.78 is 0. The summed E-state index contributed by atoms with van der Waals surface area (Å²) in [6.07, 6.45) is 0.0348. The monoisotopic (exact) mass is 508 g/mol. The number of hydrogen-bond acceptors (Lipinski definition) is 8. The smallest absolute Gasteiger partial charge is 0.353 e. The number of β-lactam (4-membered cyclic amide) rings is 1. The van der Waals surface area contributed by atoms with Gasteiger partial charge in [0.1, 0.15) is 23.0 Å². The van der Waals surface area contributed by atoms with Crippen molar-refractivity contribution in [2.45, 2.75) is 30.9 Å². The maximum Gasteiger partial charge on any atom is 0.353 e. The minimum absolute atomic E-state index is 0.142. The predicted octanol–water partition coefficient (Wildman–Crippen LogP) is 2.15. The van der Waals surface area contributed by atoms with E-state index in [1.54, 1.807) is 37.3 Å². The predicted molar refractivity (Wildman–Crippen MR) is 126 cm³/mol. The number of rotatable bonds is 7. The number of fused-ring (bicyclic) bond motifs is 1. The van der Waals surface area contributed by atoms with E-state index < -0.39 is 59.0 Å². The van der Waals surface area contributed by atoms with Gasteiger partial charge in [-0.15, -0.1) is 0 Å². The lowest BCUT2D eigenvalue weighted by molar-refractivity contribution is -0.163. The van der Waals surface area contributed by atoms with Gasteiger partial charge in [-0.25, -0.2) is 14.6 Å². The van der Waals surface area contributed by atoms with E-state index in [1.165, 1.54) is 6.92 Å². The van der Waals surface area contributed by atoms with Crippen molar-refractivity contribution >= 4 is 41.2 Å². The zero-order valence-corrected chi connectivity index (χ0v) is 19.8. The van der Waals surface area contributed by atoms with Gasteiger partial charge in [-0.2, -0.15) is 5.26 Å². The summed E-state index contributed by atoms with van der Waals surface area (Å²) in [6.45, 7) is 3.10. The SMILES string of the molecule is CC(O)C1C(=O)N2C(C(=O)O)=C(Sc3c(C#N)cnc(C(=O)Nc4ccccc4)c3C(=O)O)C(C)[C@H]12. The molecule has 0 aliphatic carbocycles. The normalized spacial score (nSPS) is 21.3. The van der Waals surface area contributed by atoms with Crippen molar-refractivity contribution in [3.05, 3.63) is 64.0 Å². The van der Waals surface area contributed by atoms with E-state index in [1.807, 2.05) is 6.07 Å². The van der Waals surface area contributed by atoms with Crippen LogP contribution < -0.4 is 5.32 Å². The fourth-order valence-electron chi connectivity index (χ4n) is 4.53. The van der Waals surface area contributed by atoms with Gasteiger partial charge in [-0.3, -0.25) is 9.59 Å². The highest BCUT2D eigenvalue weighted by Crippen LogP contribution is 2.52. The average Bonchev–Trinajstić information content (AvgIpc) is 3.07. The largest absolute Gasteiger partial charge is 0.478 e. The number of pyridine rings is 1. The second-order valence-electron chi connectivity index (χ2n) is 8.34. The van der Waals surface area contributed by atoms with Crippen LogP contribution in [0.1, 0.15) is 40.3 Å². The summed E-state index contributed by atoms with van der Waals surface area (Å²) in [5.74, 6) is -5.72. The molecule has 4 N–H and O–H groups in total. The molecule has 36 heavy (non-hydrogen) atoms. The summed E-state index contributed by atoms with van der Waals surface area (Å²) in [7, 11) is 0. The number of aromatic carboxylic acids is 1. The fraction of sp³-hybridized carbons (Fsp3) is 0.250. The molecular formula is C24H20N4O7S. The highest BCUT2D eigenvalue weighted by Gasteiger charge is 2.60. The highest BCUT2D eigenvalue weighted by atomic mass is 32.2. The molecule has 0 bridgehead atoms. The van der Waals surface area contributed by atoms with Crippen LogP contribution in [0.2, 0.25) is 0 Å². The van der Waals surface area contributed by atoms with Crippen molar-refractivity contribution in [3.63, 3.8) is 0 Å². The van der Waals surface area contributed by atoms with Crippen molar-refractivity contribution in [3.8, 4) is 6.07 Å². The number of benzene rings is 1. The number of amides is 2. The quantitative estimate of drug-likeness (QED) is 0.405. The number of nitrogens with zero attached hydrogens (tertiary/aromatic N) is 3. The van der Waals surface area contributed by atoms with E-state index in [2.05, 4.69) is 10.3 Å². The molecule has 11 nitrogen and oxygen atoms in total. The van der Waals surface area contributed by atoms with Gasteiger partial charge in [0.05, 0.1) is 23.6 Å². The number of aromatic nitrogens is 1. The maximum atomic E-state index is 12.9. The van der Waals surface area contributed by atoms with Gasteiger partial charge in [-0.1, -0.05) is 36.9 Å². The standard InChI is InChI=1S/C24H20N4O7S/c1-10-17-14(11(2)29)22(31)28(17)18(24(34)35)19(10)36-20-12(8-25)9-26-16(15(20)23(32)33)21(30)27-13-6-4-3-5-7-13/h3-7,9-11,14,17,29H,1-2H3,(H,27,30)(H,32,33)(H,34,35)/t10?,11?,14?,17-/m1/s1. The Hall–Kier alpha value is -4.21. The molecule has 3 heterocycles. The Labute approximate surface area is 209 Å². The Balaban J connectivity index is 1.81. The van der Waals surface area contributed by atoms with Gasteiger partial charge in [0.2, 0.25) is 5.91 Å². The van der Waals surface area contributed by atoms with Gasteiger partial charge in [-0.05, 0) is 19.1 Å². The molecule has 4 rings (SSSR count). The van der Waals surface area contributed by atoms with E-state index in [9.17, 15) is 39.8 Å². The van der Waals surface area contributed by atoms with Crippen molar-refractivity contribution in [1.82, 2.24) is 9.88 Å². The number of nitrogens with one attached hydrogen (secondary N) is 1. The van der Waals surface area contributed by atoms with E-state index >= 15 is 0 Å². The zero-order valence-electron chi connectivity index (χ0n) is 19.0. The van der Waals surface area contributed by atoms with Gasteiger partial charge in [0, 0.05) is 27.6 Å². The summed E-state index contributed by atoms with van der Waals surface area (Å²) in [5, 5.41) is 42.1. The van der Waals surface area contributed by atoms with Crippen LogP contribution in [0.25, 0.3) is 0 Å². The second-order valence-corrected chi connectivity index (χ2v) is 9.39. The minimum atomic E-state index is -1.54. The summed E-state index contributed by atoms with van der Waals surface area (Å²) >= 11 is 0.703. The van der Waals surface area contributed by atoms with Gasteiger partial charge >= 0.3 is 11.9 Å². The lowest BCUT2D eigenvalue weighted by atomic mass is 9.79. The lowest BCUT2D eigenvalue weighted by Crippen LogP contribution is -2.63. The number of aliphatic hydroxyl groups is 1. The molecule has 1 fully saturated rings. The third-order valence-electron chi connectivity index (χ3n) is 6.14. The number of hydrogen-bond donors (Lipinski definition) is 4. The van der Waals surface area contributed by atoms with E-state index in [4.69, 9.17) is 0 Å². The topological polar surface area (TPSA) is 181 Å². The van der Waals surface area contributed by atoms with Gasteiger partial charge < -0.3 is 25.5 Å². The number of aliphatic hydroxyl groups excluding tert-OH is 1. The number of carbonyl (C=O) groups is 4. The van der Waals surface area contributed by atoms with Crippen LogP contribution in [0.4, 0.5) is 5.69 Å². The summed E-state index contributed by atoms with van der Waals surface area (Å²) in [4.78, 5) is 54.9. The van der Waals surface area contributed by atoms with Crippen LogP contribution in [-0.4, -0.2) is 61.1 Å². The van der Waals surface area contributed by atoms with Gasteiger partial charge in [0.25, 0.3) is 5.91 Å². The van der Waals surface area contributed by atoms with Crippen LogP contribution in [0.15, 0.2) is 52.0 Å². The molecule has 1 aromatic carbocycles. The van der Waals surface area contributed by atoms with Crippen molar-refractivity contribution < 1.29 is 34.5 Å². The molecule has 1 aromatic heterocycles. The molecule has 12 heteroatoms. The third kappa shape index (κ3) is 3.98. The van der Waals surface area contributed by atoms with Crippen LogP contribution in [-0.2, 0) is 9.59 Å². The number of carbonyl (C=O) groups excluding carboxylic acids is 2. The minimum Gasteiger partial charge on any atom is -0.478 e. The van der Waals surface area contributed by atoms with Crippen LogP contribution in [0.3, 0.4) is 0 Å². The third-order valence-corrected chi connectivity index (χ3v) is 7.55. The number of nitriles is 1. The molecule has 2 amide bonds. The first-order valence-electron chi connectivity index (χ1n) is 10.8.